The summed E-state index contributed by atoms with van der Waals surface area (Å²) >= 11 is 1.68. The Balaban J connectivity index is 1.79. The van der Waals surface area contributed by atoms with Crippen LogP contribution in [0.15, 0.2) is 24.3 Å². The molecule has 0 saturated carbocycles. The highest BCUT2D eigenvalue weighted by molar-refractivity contribution is 7.98. The molecule has 1 saturated heterocycles. The third-order valence-corrected chi connectivity index (χ3v) is 4.66. The number of thioether (sulfide) groups is 1. The maximum Gasteiger partial charge on any atom is 0.251 e. The van der Waals surface area contributed by atoms with Crippen LogP contribution >= 0.6 is 11.8 Å². The van der Waals surface area contributed by atoms with Crippen molar-refractivity contribution in [1.29, 1.82) is 0 Å². The molecule has 1 aliphatic rings. The number of hydrogen-bond acceptors (Lipinski definition) is 3. The summed E-state index contributed by atoms with van der Waals surface area (Å²) in [4.78, 5) is 26.0. The van der Waals surface area contributed by atoms with Crippen LogP contribution in [0.1, 0.15) is 29.6 Å². The van der Waals surface area contributed by atoms with Gasteiger partial charge in [0, 0.05) is 37.4 Å². The standard InChI is InChI=1S/C17H23FN2O2S/c1-23-10-8-16(21)20-9-2-3-13(12-20)11-19-17(22)14-4-6-15(18)7-5-14/h4-7,13H,2-3,8-12H2,1H3,(H,19,22)/t13-/m0/s1. The quantitative estimate of drug-likeness (QED) is 0.867. The number of piperidine rings is 1. The van der Waals surface area contributed by atoms with Crippen LogP contribution in [-0.2, 0) is 4.79 Å². The highest BCUT2D eigenvalue weighted by Crippen LogP contribution is 2.17. The highest BCUT2D eigenvalue weighted by atomic mass is 32.2. The fourth-order valence-electron chi connectivity index (χ4n) is 2.75. The number of hydrogen-bond donors (Lipinski definition) is 1. The third kappa shape index (κ3) is 5.53. The number of benzene rings is 1. The minimum absolute atomic E-state index is 0.198. The minimum atomic E-state index is -0.353. The smallest absolute Gasteiger partial charge is 0.251 e. The van der Waals surface area contributed by atoms with Crippen LogP contribution in [0.4, 0.5) is 4.39 Å². The summed E-state index contributed by atoms with van der Waals surface area (Å²) in [6.07, 6.45) is 4.56. The van der Waals surface area contributed by atoms with Crippen LogP contribution in [0.3, 0.4) is 0 Å². The molecule has 1 aromatic carbocycles. The number of rotatable bonds is 6. The molecule has 0 unspecified atom stereocenters. The predicted molar refractivity (Wildman–Crippen MR) is 91.0 cm³/mol. The molecular weight excluding hydrogens is 315 g/mol. The first-order chi connectivity index (χ1) is 11.1. The second kappa shape index (κ2) is 8.91. The van der Waals surface area contributed by atoms with E-state index in [1.165, 1.54) is 24.3 Å². The van der Waals surface area contributed by atoms with E-state index in [4.69, 9.17) is 0 Å². The van der Waals surface area contributed by atoms with Crippen LogP contribution in [0, 0.1) is 11.7 Å². The summed E-state index contributed by atoms with van der Waals surface area (Å²) in [6, 6.07) is 5.51. The van der Waals surface area contributed by atoms with E-state index >= 15 is 0 Å². The van der Waals surface area contributed by atoms with Crippen molar-refractivity contribution in [2.75, 3.05) is 31.6 Å². The number of amides is 2. The van der Waals surface area contributed by atoms with Crippen molar-refractivity contribution in [3.63, 3.8) is 0 Å². The lowest BCUT2D eigenvalue weighted by atomic mass is 9.97. The normalized spacial score (nSPS) is 17.8. The number of halogens is 1. The number of nitrogens with one attached hydrogen (secondary N) is 1. The molecule has 0 aromatic heterocycles. The Bertz CT molecular complexity index is 536. The van der Waals surface area contributed by atoms with E-state index in [0.717, 1.165) is 25.1 Å². The summed E-state index contributed by atoms with van der Waals surface area (Å²) in [5, 5.41) is 2.89. The van der Waals surface area contributed by atoms with Gasteiger partial charge in [-0.3, -0.25) is 9.59 Å². The summed E-state index contributed by atoms with van der Waals surface area (Å²) in [5.41, 5.74) is 0.454. The van der Waals surface area contributed by atoms with Gasteiger partial charge in [-0.25, -0.2) is 4.39 Å². The van der Waals surface area contributed by atoms with Gasteiger partial charge in [0.1, 0.15) is 5.82 Å². The number of likely N-dealkylation sites (tertiary alicyclic amines) is 1. The van der Waals surface area contributed by atoms with E-state index < -0.39 is 0 Å². The van der Waals surface area contributed by atoms with Crippen molar-refractivity contribution in [3.05, 3.63) is 35.6 Å². The Hall–Kier alpha value is -1.56. The zero-order valence-electron chi connectivity index (χ0n) is 13.4. The van der Waals surface area contributed by atoms with Crippen molar-refractivity contribution < 1.29 is 14.0 Å². The van der Waals surface area contributed by atoms with E-state index in [-0.39, 0.29) is 23.5 Å². The molecule has 1 heterocycles. The molecular formula is C17H23FN2O2S. The molecule has 0 bridgehead atoms. The van der Waals surface area contributed by atoms with Crippen LogP contribution in [0.5, 0.6) is 0 Å². The molecule has 1 aromatic rings. The Morgan fingerprint density at radius 2 is 2.09 bits per heavy atom. The fraction of sp³-hybridized carbons (Fsp3) is 0.529. The van der Waals surface area contributed by atoms with E-state index in [1.807, 2.05) is 11.2 Å². The second-order valence-electron chi connectivity index (χ2n) is 5.81. The summed E-state index contributed by atoms with van der Waals surface area (Å²) < 4.78 is 12.9. The average Bonchev–Trinajstić information content (AvgIpc) is 2.58. The van der Waals surface area contributed by atoms with Gasteiger partial charge >= 0.3 is 0 Å². The first-order valence-electron chi connectivity index (χ1n) is 7.90. The second-order valence-corrected chi connectivity index (χ2v) is 6.79. The Morgan fingerprint density at radius 3 is 2.78 bits per heavy atom. The summed E-state index contributed by atoms with van der Waals surface area (Å²) in [6.45, 7) is 2.06. The molecule has 2 rings (SSSR count). The minimum Gasteiger partial charge on any atom is -0.352 e. The largest absolute Gasteiger partial charge is 0.352 e. The van der Waals surface area contributed by atoms with Crippen LogP contribution in [-0.4, -0.2) is 48.4 Å². The molecule has 0 spiro atoms. The first kappa shape index (κ1) is 17.8. The van der Waals surface area contributed by atoms with Crippen molar-refractivity contribution >= 4 is 23.6 Å². The van der Waals surface area contributed by atoms with E-state index in [0.29, 0.717) is 25.1 Å². The molecule has 126 valence electrons. The predicted octanol–water partition coefficient (Wildman–Crippen LogP) is 2.55. The maximum absolute atomic E-state index is 12.9. The van der Waals surface area contributed by atoms with Crippen LogP contribution < -0.4 is 5.32 Å². The average molecular weight is 338 g/mol. The highest BCUT2D eigenvalue weighted by Gasteiger charge is 2.23. The van der Waals surface area contributed by atoms with Gasteiger partial charge in [0.2, 0.25) is 5.91 Å². The van der Waals surface area contributed by atoms with Gasteiger partial charge in [-0.15, -0.1) is 0 Å². The third-order valence-electron chi connectivity index (χ3n) is 4.05. The van der Waals surface area contributed by atoms with Gasteiger partial charge < -0.3 is 10.2 Å². The maximum atomic E-state index is 12.9. The molecule has 1 N–H and O–H groups in total. The molecule has 0 aliphatic carbocycles. The van der Waals surface area contributed by atoms with E-state index in [2.05, 4.69) is 5.32 Å². The Labute approximate surface area is 140 Å². The van der Waals surface area contributed by atoms with Gasteiger partial charge in [-0.2, -0.15) is 11.8 Å². The first-order valence-corrected chi connectivity index (χ1v) is 9.30. The molecule has 1 aliphatic heterocycles. The molecule has 1 atom stereocenters. The van der Waals surface area contributed by atoms with Gasteiger partial charge in [0.05, 0.1) is 0 Å². The SMILES string of the molecule is CSCCC(=O)N1CCC[C@@H](CNC(=O)c2ccc(F)cc2)C1. The van der Waals surface area contributed by atoms with Crippen molar-refractivity contribution in [1.82, 2.24) is 10.2 Å². The fourth-order valence-corrected chi connectivity index (χ4v) is 3.12. The van der Waals surface area contributed by atoms with Crippen LogP contribution in [0.2, 0.25) is 0 Å². The Morgan fingerprint density at radius 1 is 1.35 bits per heavy atom. The van der Waals surface area contributed by atoms with Crippen molar-refractivity contribution in [2.45, 2.75) is 19.3 Å². The zero-order valence-corrected chi connectivity index (χ0v) is 14.2. The lowest BCUT2D eigenvalue weighted by molar-refractivity contribution is -0.132. The molecule has 2 amide bonds. The zero-order chi connectivity index (χ0) is 16.7. The van der Waals surface area contributed by atoms with Gasteiger partial charge in [-0.1, -0.05) is 0 Å². The number of nitrogens with zero attached hydrogens (tertiary/aromatic N) is 1. The lowest BCUT2D eigenvalue weighted by Gasteiger charge is -2.33. The molecule has 6 heteroatoms. The topological polar surface area (TPSA) is 49.4 Å². The molecule has 1 fully saturated rings. The molecule has 23 heavy (non-hydrogen) atoms. The van der Waals surface area contributed by atoms with Crippen molar-refractivity contribution in [2.24, 2.45) is 5.92 Å². The monoisotopic (exact) mass is 338 g/mol. The van der Waals surface area contributed by atoms with E-state index in [9.17, 15) is 14.0 Å². The Kier molecular flexibility index (Phi) is 6.89. The van der Waals surface area contributed by atoms with Gasteiger partial charge in [0.15, 0.2) is 0 Å². The molecule has 0 radical (unpaired) electrons. The summed E-state index contributed by atoms with van der Waals surface area (Å²) in [5.74, 6) is 0.783. The molecule has 4 nitrogen and oxygen atoms in total. The van der Waals surface area contributed by atoms with Crippen LogP contribution in [0.25, 0.3) is 0 Å². The van der Waals surface area contributed by atoms with Gasteiger partial charge in [-0.05, 0) is 49.3 Å². The number of carbonyl (C=O) groups excluding carboxylic acids is 2. The van der Waals surface area contributed by atoms with E-state index in [1.54, 1.807) is 11.8 Å². The van der Waals surface area contributed by atoms with Crippen molar-refractivity contribution in [3.8, 4) is 0 Å². The number of carbonyl (C=O) groups is 2. The summed E-state index contributed by atoms with van der Waals surface area (Å²) in [7, 11) is 0. The lowest BCUT2D eigenvalue weighted by Crippen LogP contribution is -2.43. The van der Waals surface area contributed by atoms with Gasteiger partial charge in [0.25, 0.3) is 5.91 Å².